The van der Waals surface area contributed by atoms with Gasteiger partial charge >= 0.3 is 0 Å². The van der Waals surface area contributed by atoms with Crippen molar-refractivity contribution < 1.29 is 0 Å². The second-order valence-corrected chi connectivity index (χ2v) is 4.25. The van der Waals surface area contributed by atoms with Gasteiger partial charge in [0.2, 0.25) is 0 Å². The molecular weight excluding hydrogens is 216 g/mol. The summed E-state index contributed by atoms with van der Waals surface area (Å²) in [5.74, 6) is 0.455. The number of nitrogens with two attached hydrogens (primary N) is 1. The van der Waals surface area contributed by atoms with E-state index in [-0.39, 0.29) is 6.04 Å². The maximum atomic E-state index is 5.90. The SMILES string of the molecule is CCCC(C)n1nnc(N)c1-c1ccnn1C. The van der Waals surface area contributed by atoms with Crippen molar-refractivity contribution in [3.8, 4) is 11.4 Å². The van der Waals surface area contributed by atoms with Gasteiger partial charge in [-0.1, -0.05) is 18.6 Å². The van der Waals surface area contributed by atoms with Crippen molar-refractivity contribution in [3.05, 3.63) is 12.3 Å². The summed E-state index contributed by atoms with van der Waals surface area (Å²) in [5, 5.41) is 12.3. The number of aromatic nitrogens is 5. The van der Waals surface area contributed by atoms with Crippen molar-refractivity contribution >= 4 is 5.82 Å². The lowest BCUT2D eigenvalue weighted by atomic mass is 10.2. The first-order valence-corrected chi connectivity index (χ1v) is 5.84. The topological polar surface area (TPSA) is 74.6 Å². The fourth-order valence-electron chi connectivity index (χ4n) is 2.01. The number of nitrogen functional groups attached to an aromatic ring is 1. The molecule has 0 aromatic carbocycles. The van der Waals surface area contributed by atoms with Crippen LogP contribution in [0.25, 0.3) is 11.4 Å². The summed E-state index contributed by atoms with van der Waals surface area (Å²) >= 11 is 0. The van der Waals surface area contributed by atoms with Gasteiger partial charge < -0.3 is 5.73 Å². The molecule has 92 valence electrons. The van der Waals surface area contributed by atoms with E-state index in [0.29, 0.717) is 5.82 Å². The van der Waals surface area contributed by atoms with Crippen LogP contribution in [-0.2, 0) is 7.05 Å². The highest BCUT2D eigenvalue weighted by Gasteiger charge is 2.18. The predicted octanol–water partition coefficient (Wildman–Crippen LogP) is 1.62. The minimum Gasteiger partial charge on any atom is -0.380 e. The summed E-state index contributed by atoms with van der Waals surface area (Å²) in [4.78, 5) is 0. The summed E-state index contributed by atoms with van der Waals surface area (Å²) in [6.07, 6.45) is 3.90. The van der Waals surface area contributed by atoms with Crippen molar-refractivity contribution in [2.45, 2.75) is 32.7 Å². The lowest BCUT2D eigenvalue weighted by Gasteiger charge is -2.13. The zero-order chi connectivity index (χ0) is 12.4. The van der Waals surface area contributed by atoms with Gasteiger partial charge in [-0.2, -0.15) is 5.10 Å². The van der Waals surface area contributed by atoms with E-state index in [2.05, 4.69) is 29.3 Å². The third-order valence-corrected chi connectivity index (χ3v) is 2.91. The molecule has 1 unspecified atom stereocenters. The zero-order valence-corrected chi connectivity index (χ0v) is 10.5. The van der Waals surface area contributed by atoms with Crippen LogP contribution in [0.1, 0.15) is 32.7 Å². The van der Waals surface area contributed by atoms with Crippen molar-refractivity contribution in [2.24, 2.45) is 7.05 Å². The Kier molecular flexibility index (Phi) is 3.12. The highest BCUT2D eigenvalue weighted by molar-refractivity contribution is 5.66. The molecule has 2 N–H and O–H groups in total. The lowest BCUT2D eigenvalue weighted by molar-refractivity contribution is 0.446. The highest BCUT2D eigenvalue weighted by atomic mass is 15.5. The van der Waals surface area contributed by atoms with Crippen LogP contribution in [0.5, 0.6) is 0 Å². The molecule has 6 nitrogen and oxygen atoms in total. The first kappa shape index (κ1) is 11.6. The molecule has 17 heavy (non-hydrogen) atoms. The predicted molar refractivity (Wildman–Crippen MR) is 66.3 cm³/mol. The van der Waals surface area contributed by atoms with Crippen molar-refractivity contribution in [1.29, 1.82) is 0 Å². The van der Waals surface area contributed by atoms with Gasteiger partial charge in [-0.3, -0.25) is 4.68 Å². The van der Waals surface area contributed by atoms with Gasteiger partial charge in [0.05, 0.1) is 11.7 Å². The summed E-state index contributed by atoms with van der Waals surface area (Å²) in [7, 11) is 1.89. The third kappa shape index (κ3) is 2.02. The number of hydrogen-bond acceptors (Lipinski definition) is 4. The molecule has 0 radical (unpaired) electrons. The van der Waals surface area contributed by atoms with Gasteiger partial charge in [0, 0.05) is 13.2 Å². The molecule has 0 saturated carbocycles. The molecule has 0 aliphatic heterocycles. The maximum absolute atomic E-state index is 5.90. The van der Waals surface area contributed by atoms with Crippen LogP contribution in [0.15, 0.2) is 12.3 Å². The fourth-order valence-corrected chi connectivity index (χ4v) is 2.01. The molecule has 0 spiro atoms. The van der Waals surface area contributed by atoms with E-state index in [1.165, 1.54) is 0 Å². The van der Waals surface area contributed by atoms with Crippen LogP contribution < -0.4 is 5.73 Å². The summed E-state index contributed by atoms with van der Waals surface area (Å²) in [6.45, 7) is 4.28. The van der Waals surface area contributed by atoms with Crippen LogP contribution >= 0.6 is 0 Å². The van der Waals surface area contributed by atoms with Crippen LogP contribution in [0.3, 0.4) is 0 Å². The molecule has 0 amide bonds. The summed E-state index contributed by atoms with van der Waals surface area (Å²) in [5.41, 5.74) is 7.69. The number of nitrogens with zero attached hydrogens (tertiary/aromatic N) is 5. The molecule has 0 fully saturated rings. The molecule has 1 atom stereocenters. The smallest absolute Gasteiger partial charge is 0.175 e. The lowest BCUT2D eigenvalue weighted by Crippen LogP contribution is -2.10. The second kappa shape index (κ2) is 4.57. The molecule has 6 heteroatoms. The normalized spacial score (nSPS) is 12.9. The fraction of sp³-hybridized carbons (Fsp3) is 0.545. The largest absolute Gasteiger partial charge is 0.380 e. The number of hydrogen-bond donors (Lipinski definition) is 1. The Morgan fingerprint density at radius 3 is 2.82 bits per heavy atom. The first-order valence-electron chi connectivity index (χ1n) is 5.84. The van der Waals surface area contributed by atoms with E-state index in [4.69, 9.17) is 5.73 Å². The summed E-state index contributed by atoms with van der Waals surface area (Å²) in [6, 6.07) is 2.21. The van der Waals surface area contributed by atoms with E-state index >= 15 is 0 Å². The molecule has 0 saturated heterocycles. The number of aryl methyl sites for hydroxylation is 1. The van der Waals surface area contributed by atoms with E-state index in [0.717, 1.165) is 24.2 Å². The maximum Gasteiger partial charge on any atom is 0.175 e. The molecule has 2 rings (SSSR count). The number of rotatable bonds is 4. The Balaban J connectivity index is 2.46. The molecule has 0 aliphatic rings. The van der Waals surface area contributed by atoms with E-state index in [1.54, 1.807) is 10.9 Å². The minimum atomic E-state index is 0.287. The monoisotopic (exact) mass is 234 g/mol. The van der Waals surface area contributed by atoms with Gasteiger partial charge in [-0.05, 0) is 19.4 Å². The molecule has 2 heterocycles. The Hall–Kier alpha value is -1.85. The van der Waals surface area contributed by atoms with Gasteiger partial charge in [0.15, 0.2) is 5.82 Å². The van der Waals surface area contributed by atoms with E-state index < -0.39 is 0 Å². The van der Waals surface area contributed by atoms with Crippen LogP contribution in [0, 0.1) is 0 Å². The Morgan fingerprint density at radius 1 is 1.47 bits per heavy atom. The van der Waals surface area contributed by atoms with Crippen LogP contribution in [0.4, 0.5) is 5.82 Å². The second-order valence-electron chi connectivity index (χ2n) is 4.25. The van der Waals surface area contributed by atoms with Crippen molar-refractivity contribution in [2.75, 3.05) is 5.73 Å². The quantitative estimate of drug-likeness (QED) is 0.872. The molecular formula is C11H18N6. The first-order chi connectivity index (χ1) is 8.15. The summed E-state index contributed by atoms with van der Waals surface area (Å²) < 4.78 is 3.67. The van der Waals surface area contributed by atoms with Gasteiger partial charge in [-0.25, -0.2) is 4.68 Å². The van der Waals surface area contributed by atoms with Crippen molar-refractivity contribution in [3.63, 3.8) is 0 Å². The third-order valence-electron chi connectivity index (χ3n) is 2.91. The van der Waals surface area contributed by atoms with Gasteiger partial charge in [0.25, 0.3) is 0 Å². The van der Waals surface area contributed by atoms with Gasteiger partial charge in [-0.15, -0.1) is 5.10 Å². The van der Waals surface area contributed by atoms with Crippen molar-refractivity contribution in [1.82, 2.24) is 24.8 Å². The van der Waals surface area contributed by atoms with Gasteiger partial charge in [0.1, 0.15) is 5.69 Å². The average Bonchev–Trinajstić information content (AvgIpc) is 2.85. The highest BCUT2D eigenvalue weighted by Crippen LogP contribution is 2.27. The standard InChI is InChI=1S/C11H18N6/c1-4-5-8(2)17-10(11(12)14-15-17)9-6-7-13-16(9)3/h6-8H,4-5,12H2,1-3H3. The molecule has 2 aromatic rings. The average molecular weight is 234 g/mol. The van der Waals surface area contributed by atoms with Crippen LogP contribution in [0.2, 0.25) is 0 Å². The Labute approximate surface area is 100 Å². The van der Waals surface area contributed by atoms with E-state index in [1.807, 2.05) is 17.8 Å². The van der Waals surface area contributed by atoms with Crippen LogP contribution in [-0.4, -0.2) is 24.8 Å². The zero-order valence-electron chi connectivity index (χ0n) is 10.5. The molecule has 0 bridgehead atoms. The van der Waals surface area contributed by atoms with E-state index in [9.17, 15) is 0 Å². The molecule has 2 aromatic heterocycles. The Morgan fingerprint density at radius 2 is 2.24 bits per heavy atom. The Bertz CT molecular complexity index is 498. The molecule has 0 aliphatic carbocycles. The minimum absolute atomic E-state index is 0.287. The number of anilines is 1.